The van der Waals surface area contributed by atoms with Gasteiger partial charge in [-0.2, -0.15) is 0 Å². The standard InChI is InChI=1S/C13H15ClN2O5/c1-21-8-2-3-9(14)10(5-8)15-13(20)16-6-7(17)4-11(16)12(18)19/h2-3,5,7,11,17H,4,6H2,1H3,(H,15,20)(H,18,19). The van der Waals surface area contributed by atoms with Crippen LogP contribution in [0.25, 0.3) is 0 Å². The normalized spacial score (nSPS) is 21.2. The van der Waals surface area contributed by atoms with Crippen LogP contribution in [0.15, 0.2) is 18.2 Å². The van der Waals surface area contributed by atoms with Gasteiger partial charge in [-0.15, -0.1) is 0 Å². The Balaban J connectivity index is 2.16. The lowest BCUT2D eigenvalue weighted by Crippen LogP contribution is -2.43. The van der Waals surface area contributed by atoms with E-state index in [4.69, 9.17) is 21.4 Å². The number of aliphatic hydroxyl groups excluding tert-OH is 1. The summed E-state index contributed by atoms with van der Waals surface area (Å²) < 4.78 is 5.04. The number of β-amino-alcohol motifs (C(OH)–C–C–N with tert-alkyl or cyclic N) is 1. The first-order chi connectivity index (χ1) is 9.92. The first-order valence-electron chi connectivity index (χ1n) is 6.24. The molecule has 2 amide bonds. The maximum absolute atomic E-state index is 12.2. The van der Waals surface area contributed by atoms with Gasteiger partial charge in [0.15, 0.2) is 0 Å². The van der Waals surface area contributed by atoms with E-state index in [0.717, 1.165) is 4.90 Å². The molecule has 0 aromatic heterocycles. The molecule has 1 aliphatic rings. The molecule has 1 fully saturated rings. The minimum absolute atomic E-state index is 0.00853. The minimum atomic E-state index is -1.15. The number of aliphatic hydroxyl groups is 1. The number of aliphatic carboxylic acids is 1. The zero-order valence-corrected chi connectivity index (χ0v) is 12.0. The molecule has 2 rings (SSSR count). The molecule has 2 atom stereocenters. The number of nitrogens with one attached hydrogen (secondary N) is 1. The fourth-order valence-corrected chi connectivity index (χ4v) is 2.35. The van der Waals surface area contributed by atoms with Gasteiger partial charge < -0.3 is 25.2 Å². The Kier molecular flexibility index (Phi) is 4.54. The highest BCUT2D eigenvalue weighted by molar-refractivity contribution is 6.33. The molecule has 8 heteroatoms. The lowest BCUT2D eigenvalue weighted by molar-refractivity contribution is -0.141. The van der Waals surface area contributed by atoms with Crippen molar-refractivity contribution < 1.29 is 24.5 Å². The molecule has 114 valence electrons. The van der Waals surface area contributed by atoms with Crippen molar-refractivity contribution in [3.63, 3.8) is 0 Å². The highest BCUT2D eigenvalue weighted by atomic mass is 35.5. The van der Waals surface area contributed by atoms with Crippen molar-refractivity contribution in [3.8, 4) is 5.75 Å². The number of hydrogen-bond acceptors (Lipinski definition) is 4. The number of carbonyl (C=O) groups excluding carboxylic acids is 1. The van der Waals surface area contributed by atoms with Crippen LogP contribution in [0.5, 0.6) is 5.75 Å². The summed E-state index contributed by atoms with van der Waals surface area (Å²) >= 11 is 5.98. The van der Waals surface area contributed by atoms with Gasteiger partial charge in [0, 0.05) is 19.0 Å². The average Bonchev–Trinajstić information content (AvgIpc) is 2.83. The predicted molar refractivity (Wildman–Crippen MR) is 75.8 cm³/mol. The Morgan fingerprint density at radius 3 is 2.81 bits per heavy atom. The Bertz CT molecular complexity index is 565. The Morgan fingerprint density at radius 2 is 2.19 bits per heavy atom. The molecule has 1 saturated heterocycles. The fraction of sp³-hybridized carbons (Fsp3) is 0.385. The molecule has 3 N–H and O–H groups in total. The summed E-state index contributed by atoms with van der Waals surface area (Å²) in [6.07, 6.45) is -0.841. The third-order valence-electron chi connectivity index (χ3n) is 3.24. The number of carboxylic acid groups (broad SMARTS) is 1. The van der Waals surface area contributed by atoms with Gasteiger partial charge in [0.25, 0.3) is 0 Å². The number of rotatable bonds is 3. The third-order valence-corrected chi connectivity index (χ3v) is 3.57. The van der Waals surface area contributed by atoms with Crippen molar-refractivity contribution in [2.75, 3.05) is 19.0 Å². The zero-order chi connectivity index (χ0) is 15.6. The quantitative estimate of drug-likeness (QED) is 0.783. The van der Waals surface area contributed by atoms with Crippen molar-refractivity contribution in [1.29, 1.82) is 0 Å². The molecule has 0 radical (unpaired) electrons. The lowest BCUT2D eigenvalue weighted by Gasteiger charge is -2.22. The molecule has 1 aliphatic heterocycles. The third kappa shape index (κ3) is 3.37. The van der Waals surface area contributed by atoms with E-state index in [1.807, 2.05) is 0 Å². The van der Waals surface area contributed by atoms with Crippen LogP contribution in [0.4, 0.5) is 10.5 Å². The summed E-state index contributed by atoms with van der Waals surface area (Å²) in [5.74, 6) is -0.649. The molecule has 0 bridgehead atoms. The molecule has 1 aromatic rings. The number of ether oxygens (including phenoxy) is 1. The van der Waals surface area contributed by atoms with Crippen LogP contribution in [-0.4, -0.2) is 52.9 Å². The lowest BCUT2D eigenvalue weighted by atomic mass is 10.2. The number of hydrogen-bond donors (Lipinski definition) is 3. The number of methoxy groups -OCH3 is 1. The van der Waals surface area contributed by atoms with E-state index in [1.165, 1.54) is 13.2 Å². The van der Waals surface area contributed by atoms with E-state index in [2.05, 4.69) is 5.32 Å². The summed E-state index contributed by atoms with van der Waals surface area (Å²) in [6, 6.07) is 3.04. The SMILES string of the molecule is COc1ccc(Cl)c(NC(=O)N2CC(O)CC2C(=O)O)c1. The van der Waals surface area contributed by atoms with Gasteiger partial charge in [0.1, 0.15) is 11.8 Å². The summed E-state index contributed by atoms with van der Waals surface area (Å²) in [5, 5.41) is 21.4. The van der Waals surface area contributed by atoms with Crippen LogP contribution >= 0.6 is 11.6 Å². The molecule has 1 heterocycles. The number of nitrogens with zero attached hydrogens (tertiary/aromatic N) is 1. The molecule has 0 aliphatic carbocycles. The minimum Gasteiger partial charge on any atom is -0.497 e. The van der Waals surface area contributed by atoms with Gasteiger partial charge in [0.2, 0.25) is 0 Å². The fourth-order valence-electron chi connectivity index (χ4n) is 2.19. The maximum Gasteiger partial charge on any atom is 0.326 e. The van der Waals surface area contributed by atoms with Gasteiger partial charge in [-0.1, -0.05) is 11.6 Å². The second-order valence-corrected chi connectivity index (χ2v) is 5.08. The van der Waals surface area contributed by atoms with Gasteiger partial charge >= 0.3 is 12.0 Å². The Morgan fingerprint density at radius 1 is 1.48 bits per heavy atom. The first-order valence-corrected chi connectivity index (χ1v) is 6.62. The monoisotopic (exact) mass is 314 g/mol. The van der Waals surface area contributed by atoms with Gasteiger partial charge in [-0.3, -0.25) is 0 Å². The summed E-state index contributed by atoms with van der Waals surface area (Å²) in [6.45, 7) is -0.0373. The highest BCUT2D eigenvalue weighted by Crippen LogP contribution is 2.28. The van der Waals surface area contributed by atoms with E-state index < -0.39 is 24.1 Å². The van der Waals surface area contributed by atoms with E-state index >= 15 is 0 Å². The van der Waals surface area contributed by atoms with Crippen LogP contribution < -0.4 is 10.1 Å². The van der Waals surface area contributed by atoms with E-state index in [1.54, 1.807) is 12.1 Å². The van der Waals surface area contributed by atoms with Crippen LogP contribution in [0.3, 0.4) is 0 Å². The molecule has 1 aromatic carbocycles. The van der Waals surface area contributed by atoms with E-state index in [-0.39, 0.29) is 13.0 Å². The Labute approximate surface area is 126 Å². The molecule has 7 nitrogen and oxygen atoms in total. The molecular weight excluding hydrogens is 300 g/mol. The largest absolute Gasteiger partial charge is 0.497 e. The number of urea groups is 1. The first kappa shape index (κ1) is 15.4. The van der Waals surface area contributed by atoms with Crippen molar-refractivity contribution in [2.24, 2.45) is 0 Å². The van der Waals surface area contributed by atoms with Crippen LogP contribution in [0, 0.1) is 0 Å². The number of carbonyl (C=O) groups is 2. The van der Waals surface area contributed by atoms with Crippen molar-refractivity contribution in [3.05, 3.63) is 23.2 Å². The van der Waals surface area contributed by atoms with E-state index in [9.17, 15) is 14.7 Å². The Hall–Kier alpha value is -1.99. The number of carboxylic acids is 1. The van der Waals surface area contributed by atoms with Gasteiger partial charge in [-0.25, -0.2) is 9.59 Å². The molecule has 21 heavy (non-hydrogen) atoms. The second-order valence-electron chi connectivity index (χ2n) is 4.67. The van der Waals surface area contributed by atoms with Crippen LogP contribution in [0.1, 0.15) is 6.42 Å². The average molecular weight is 315 g/mol. The van der Waals surface area contributed by atoms with Crippen molar-refractivity contribution in [2.45, 2.75) is 18.6 Å². The van der Waals surface area contributed by atoms with Crippen molar-refractivity contribution in [1.82, 2.24) is 4.90 Å². The topological polar surface area (TPSA) is 99.1 Å². The predicted octanol–water partition coefficient (Wildman–Crippen LogP) is 1.40. The maximum atomic E-state index is 12.2. The van der Waals surface area contributed by atoms with Crippen LogP contribution in [-0.2, 0) is 4.79 Å². The van der Waals surface area contributed by atoms with Crippen LogP contribution in [0.2, 0.25) is 5.02 Å². The summed E-state index contributed by atoms with van der Waals surface area (Å²) in [7, 11) is 1.48. The highest BCUT2D eigenvalue weighted by Gasteiger charge is 2.39. The summed E-state index contributed by atoms with van der Waals surface area (Å²) in [5.41, 5.74) is 0.312. The second kappa shape index (κ2) is 6.19. The number of anilines is 1. The van der Waals surface area contributed by atoms with Crippen molar-refractivity contribution >= 4 is 29.3 Å². The number of amides is 2. The number of likely N-dealkylation sites (tertiary alicyclic amines) is 1. The molecule has 0 saturated carbocycles. The molecule has 0 spiro atoms. The zero-order valence-electron chi connectivity index (χ0n) is 11.2. The number of halogens is 1. The molecular formula is C13H15ClN2O5. The number of benzene rings is 1. The van der Waals surface area contributed by atoms with Gasteiger partial charge in [-0.05, 0) is 12.1 Å². The smallest absolute Gasteiger partial charge is 0.326 e. The summed E-state index contributed by atoms with van der Waals surface area (Å²) in [4.78, 5) is 24.3. The van der Waals surface area contributed by atoms with Gasteiger partial charge in [0.05, 0.1) is 23.9 Å². The van der Waals surface area contributed by atoms with E-state index in [0.29, 0.717) is 16.5 Å². The molecule has 2 unspecified atom stereocenters.